The lowest BCUT2D eigenvalue weighted by atomic mass is 9.95. The van der Waals surface area contributed by atoms with Crippen LogP contribution in [0.5, 0.6) is 0 Å². The quantitative estimate of drug-likeness (QED) is 0.894. The number of para-hydroxylation sites is 1. The van der Waals surface area contributed by atoms with E-state index in [9.17, 15) is 9.59 Å². The van der Waals surface area contributed by atoms with Gasteiger partial charge in [-0.2, -0.15) is 0 Å². The van der Waals surface area contributed by atoms with Crippen LogP contribution in [0.3, 0.4) is 0 Å². The van der Waals surface area contributed by atoms with Gasteiger partial charge < -0.3 is 15.5 Å². The molecule has 1 aliphatic heterocycles. The maximum Gasteiger partial charge on any atom is 0.269 e. The molecule has 1 aliphatic carbocycles. The van der Waals surface area contributed by atoms with E-state index in [1.165, 1.54) is 6.42 Å². The van der Waals surface area contributed by atoms with Gasteiger partial charge in [-0.05, 0) is 25.0 Å². The first-order chi connectivity index (χ1) is 11.2. The largest absolute Gasteiger partial charge is 0.382 e. The molecule has 0 saturated heterocycles. The summed E-state index contributed by atoms with van der Waals surface area (Å²) >= 11 is 0. The number of carbonyl (C=O) groups excluding carboxylic acids is 2. The fourth-order valence-corrected chi connectivity index (χ4v) is 2.91. The molecule has 1 unspecified atom stereocenters. The number of nitrogens with one attached hydrogen (secondary N) is 2. The highest BCUT2D eigenvalue weighted by molar-refractivity contribution is 6.39. The van der Waals surface area contributed by atoms with Crippen molar-refractivity contribution in [2.75, 3.05) is 5.32 Å². The van der Waals surface area contributed by atoms with E-state index in [1.54, 1.807) is 12.1 Å². The molecule has 2 aliphatic rings. The Labute approximate surface area is 135 Å². The highest BCUT2D eigenvalue weighted by Crippen LogP contribution is 2.18. The Bertz CT molecular complexity index is 594. The molecule has 6 heteroatoms. The van der Waals surface area contributed by atoms with Crippen molar-refractivity contribution in [1.29, 1.82) is 0 Å². The van der Waals surface area contributed by atoms with E-state index in [1.807, 2.05) is 18.2 Å². The van der Waals surface area contributed by atoms with Crippen LogP contribution in [0.15, 0.2) is 35.5 Å². The van der Waals surface area contributed by atoms with E-state index < -0.39 is 6.10 Å². The van der Waals surface area contributed by atoms with Crippen LogP contribution in [0.1, 0.15) is 38.5 Å². The van der Waals surface area contributed by atoms with Gasteiger partial charge in [0, 0.05) is 18.2 Å². The highest BCUT2D eigenvalue weighted by Gasteiger charge is 2.32. The summed E-state index contributed by atoms with van der Waals surface area (Å²) < 4.78 is 0. The average Bonchev–Trinajstić information content (AvgIpc) is 3.07. The lowest BCUT2D eigenvalue weighted by molar-refractivity contribution is -0.125. The van der Waals surface area contributed by atoms with Crippen molar-refractivity contribution in [3.63, 3.8) is 0 Å². The van der Waals surface area contributed by atoms with Crippen LogP contribution < -0.4 is 10.6 Å². The molecule has 0 aromatic heterocycles. The summed E-state index contributed by atoms with van der Waals surface area (Å²) in [6, 6.07) is 9.36. The summed E-state index contributed by atoms with van der Waals surface area (Å²) in [6.07, 6.45) is 5.01. The van der Waals surface area contributed by atoms with Crippen molar-refractivity contribution in [2.24, 2.45) is 5.16 Å². The van der Waals surface area contributed by atoms with Gasteiger partial charge in [-0.25, -0.2) is 0 Å². The van der Waals surface area contributed by atoms with Crippen LogP contribution in [-0.4, -0.2) is 29.7 Å². The summed E-state index contributed by atoms with van der Waals surface area (Å²) in [7, 11) is 0. The molecular weight excluding hydrogens is 294 g/mol. The Balaban J connectivity index is 1.49. The molecule has 3 rings (SSSR count). The van der Waals surface area contributed by atoms with Gasteiger partial charge >= 0.3 is 0 Å². The van der Waals surface area contributed by atoms with E-state index >= 15 is 0 Å². The summed E-state index contributed by atoms with van der Waals surface area (Å²) in [5.41, 5.74) is 0.991. The van der Waals surface area contributed by atoms with Crippen molar-refractivity contribution < 1.29 is 14.4 Å². The molecule has 1 heterocycles. The Morgan fingerprint density at radius 2 is 1.83 bits per heavy atom. The molecule has 1 fully saturated rings. The minimum atomic E-state index is -0.748. The standard InChI is InChI=1S/C17H21N3O3/c21-16(18-12-7-3-1-4-8-12)14-11-15(23-20-14)17(22)19-13-9-5-2-6-10-13/h2,5-6,9-10,12,15H,1,3-4,7-8,11H2,(H,18,21)(H,19,22). The maximum absolute atomic E-state index is 12.2. The fourth-order valence-electron chi connectivity index (χ4n) is 2.91. The number of amides is 2. The van der Waals surface area contributed by atoms with E-state index in [-0.39, 0.29) is 24.3 Å². The third-order valence-corrected chi connectivity index (χ3v) is 4.21. The first-order valence-electron chi connectivity index (χ1n) is 8.12. The summed E-state index contributed by atoms with van der Waals surface area (Å²) in [4.78, 5) is 29.4. The van der Waals surface area contributed by atoms with Gasteiger partial charge in [-0.3, -0.25) is 9.59 Å². The Morgan fingerprint density at radius 3 is 2.57 bits per heavy atom. The van der Waals surface area contributed by atoms with Crippen molar-refractivity contribution in [3.05, 3.63) is 30.3 Å². The number of anilines is 1. The van der Waals surface area contributed by atoms with Gasteiger partial charge in [0.2, 0.25) is 6.10 Å². The number of benzene rings is 1. The second-order valence-corrected chi connectivity index (χ2v) is 6.00. The van der Waals surface area contributed by atoms with Crippen LogP contribution in [0.4, 0.5) is 5.69 Å². The van der Waals surface area contributed by atoms with Crippen LogP contribution in [-0.2, 0) is 14.4 Å². The SMILES string of the molecule is O=C(NC1CCCCC1)C1=NOC(C(=O)Nc2ccccc2)C1. The van der Waals surface area contributed by atoms with Crippen molar-refractivity contribution in [2.45, 2.75) is 50.7 Å². The molecular formula is C17H21N3O3. The van der Waals surface area contributed by atoms with E-state index in [4.69, 9.17) is 4.84 Å². The third-order valence-electron chi connectivity index (χ3n) is 4.21. The number of oxime groups is 1. The summed E-state index contributed by atoms with van der Waals surface area (Å²) in [6.45, 7) is 0. The molecule has 2 N–H and O–H groups in total. The molecule has 0 spiro atoms. The third kappa shape index (κ3) is 4.09. The number of hydrogen-bond donors (Lipinski definition) is 2. The van der Waals surface area contributed by atoms with Crippen molar-refractivity contribution >= 4 is 23.2 Å². The van der Waals surface area contributed by atoms with Crippen molar-refractivity contribution in [1.82, 2.24) is 5.32 Å². The molecule has 0 radical (unpaired) electrons. The topological polar surface area (TPSA) is 79.8 Å². The first-order valence-corrected chi connectivity index (χ1v) is 8.12. The molecule has 1 aromatic rings. The lowest BCUT2D eigenvalue weighted by Gasteiger charge is -2.22. The van der Waals surface area contributed by atoms with Crippen LogP contribution >= 0.6 is 0 Å². The number of nitrogens with zero attached hydrogens (tertiary/aromatic N) is 1. The minimum absolute atomic E-state index is 0.206. The zero-order valence-corrected chi connectivity index (χ0v) is 13.0. The highest BCUT2D eigenvalue weighted by atomic mass is 16.6. The van der Waals surface area contributed by atoms with Crippen molar-refractivity contribution in [3.8, 4) is 0 Å². The fraction of sp³-hybridized carbons (Fsp3) is 0.471. The van der Waals surface area contributed by atoms with Gasteiger partial charge in [0.25, 0.3) is 11.8 Å². The summed E-state index contributed by atoms with van der Waals surface area (Å²) in [5.74, 6) is -0.507. The Hall–Kier alpha value is -2.37. The number of hydrogen-bond acceptors (Lipinski definition) is 4. The van der Waals surface area contributed by atoms with Crippen LogP contribution in [0.2, 0.25) is 0 Å². The molecule has 0 bridgehead atoms. The molecule has 1 atom stereocenters. The predicted molar refractivity (Wildman–Crippen MR) is 87.0 cm³/mol. The monoisotopic (exact) mass is 315 g/mol. The lowest BCUT2D eigenvalue weighted by Crippen LogP contribution is -2.40. The van der Waals surface area contributed by atoms with E-state index in [0.717, 1.165) is 25.7 Å². The molecule has 23 heavy (non-hydrogen) atoms. The summed E-state index contributed by atoms with van der Waals surface area (Å²) in [5, 5.41) is 9.53. The van der Waals surface area contributed by atoms with Gasteiger partial charge in [0.1, 0.15) is 5.71 Å². The molecule has 2 amide bonds. The molecule has 1 saturated carbocycles. The number of rotatable bonds is 4. The Kier molecular flexibility index (Phi) is 4.90. The van der Waals surface area contributed by atoms with E-state index in [2.05, 4.69) is 15.8 Å². The second kappa shape index (κ2) is 7.26. The smallest absolute Gasteiger partial charge is 0.269 e. The van der Waals surface area contributed by atoms with Gasteiger partial charge in [0.15, 0.2) is 0 Å². The zero-order chi connectivity index (χ0) is 16.1. The van der Waals surface area contributed by atoms with Crippen LogP contribution in [0.25, 0.3) is 0 Å². The second-order valence-electron chi connectivity index (χ2n) is 6.00. The van der Waals surface area contributed by atoms with Crippen LogP contribution in [0, 0.1) is 0 Å². The van der Waals surface area contributed by atoms with Gasteiger partial charge in [-0.1, -0.05) is 42.6 Å². The maximum atomic E-state index is 12.2. The molecule has 1 aromatic carbocycles. The molecule has 6 nitrogen and oxygen atoms in total. The first kappa shape index (κ1) is 15.5. The molecule has 122 valence electrons. The minimum Gasteiger partial charge on any atom is -0.382 e. The van der Waals surface area contributed by atoms with Gasteiger partial charge in [-0.15, -0.1) is 0 Å². The number of carbonyl (C=O) groups is 2. The van der Waals surface area contributed by atoms with Gasteiger partial charge in [0.05, 0.1) is 0 Å². The normalized spacial score (nSPS) is 21.2. The predicted octanol–water partition coefficient (Wildman–Crippen LogP) is 2.22. The average molecular weight is 315 g/mol. The zero-order valence-electron chi connectivity index (χ0n) is 13.0. The van der Waals surface area contributed by atoms with E-state index in [0.29, 0.717) is 11.4 Å². The Morgan fingerprint density at radius 1 is 1.09 bits per heavy atom.